The van der Waals surface area contributed by atoms with Crippen LogP contribution in [0.1, 0.15) is 12.5 Å². The molecular formula is C9H10FNO3. The van der Waals surface area contributed by atoms with Gasteiger partial charge in [-0.1, -0.05) is 0 Å². The molecule has 1 atom stereocenters. The molecule has 1 heterocycles. The topological polar surface area (TPSA) is 59.4 Å². The number of hydrogen-bond acceptors (Lipinski definition) is 3. The van der Waals surface area contributed by atoms with Crippen molar-refractivity contribution in [2.75, 3.05) is 0 Å². The van der Waals surface area contributed by atoms with E-state index in [9.17, 15) is 9.18 Å². The van der Waals surface area contributed by atoms with Gasteiger partial charge in [0, 0.05) is 6.20 Å². The van der Waals surface area contributed by atoms with E-state index in [0.717, 1.165) is 6.20 Å². The number of halogens is 1. The van der Waals surface area contributed by atoms with Crippen molar-refractivity contribution in [3.8, 4) is 0 Å². The van der Waals surface area contributed by atoms with Crippen molar-refractivity contribution < 1.29 is 19.0 Å². The van der Waals surface area contributed by atoms with Crippen LogP contribution in [0.25, 0.3) is 0 Å². The second-order valence-electron chi connectivity index (χ2n) is 2.80. The number of hydrogen-bond donors (Lipinski definition) is 1. The van der Waals surface area contributed by atoms with E-state index in [-0.39, 0.29) is 6.61 Å². The number of aromatic nitrogens is 1. The van der Waals surface area contributed by atoms with Crippen LogP contribution in [0, 0.1) is 5.82 Å². The Kier molecular flexibility index (Phi) is 3.53. The minimum atomic E-state index is -1.05. The Balaban J connectivity index is 2.49. The van der Waals surface area contributed by atoms with Crippen LogP contribution in [0.4, 0.5) is 4.39 Å². The van der Waals surface area contributed by atoms with Crippen LogP contribution >= 0.6 is 0 Å². The largest absolute Gasteiger partial charge is 0.479 e. The molecule has 0 aliphatic carbocycles. The summed E-state index contributed by atoms with van der Waals surface area (Å²) < 4.78 is 17.6. The molecule has 0 saturated carbocycles. The lowest BCUT2D eigenvalue weighted by molar-refractivity contribution is -0.149. The molecule has 0 aromatic carbocycles. The molecule has 1 rings (SSSR count). The Morgan fingerprint density at radius 1 is 1.71 bits per heavy atom. The lowest BCUT2D eigenvalue weighted by Crippen LogP contribution is -2.19. The monoisotopic (exact) mass is 199 g/mol. The van der Waals surface area contributed by atoms with Gasteiger partial charge in [0.1, 0.15) is 5.82 Å². The van der Waals surface area contributed by atoms with E-state index in [4.69, 9.17) is 9.84 Å². The molecule has 1 N–H and O–H groups in total. The first-order chi connectivity index (χ1) is 6.59. The molecular weight excluding hydrogens is 189 g/mol. The Bertz CT molecular complexity index is 330. The fourth-order valence-corrected chi connectivity index (χ4v) is 0.827. The normalized spacial score (nSPS) is 12.4. The second kappa shape index (κ2) is 4.66. The van der Waals surface area contributed by atoms with Gasteiger partial charge in [-0.15, -0.1) is 0 Å². The highest BCUT2D eigenvalue weighted by atomic mass is 19.1. The smallest absolute Gasteiger partial charge is 0.332 e. The van der Waals surface area contributed by atoms with E-state index in [2.05, 4.69) is 4.98 Å². The summed E-state index contributed by atoms with van der Waals surface area (Å²) in [6.45, 7) is 1.45. The van der Waals surface area contributed by atoms with Gasteiger partial charge in [-0.3, -0.25) is 4.98 Å². The van der Waals surface area contributed by atoms with Crippen LogP contribution < -0.4 is 0 Å². The Morgan fingerprint density at radius 2 is 2.43 bits per heavy atom. The molecule has 76 valence electrons. The molecule has 0 bridgehead atoms. The van der Waals surface area contributed by atoms with Crippen molar-refractivity contribution in [3.05, 3.63) is 29.8 Å². The number of pyridine rings is 1. The summed E-state index contributed by atoms with van der Waals surface area (Å²) in [7, 11) is 0. The number of carboxylic acids is 1. The van der Waals surface area contributed by atoms with Crippen LogP contribution in [0.3, 0.4) is 0 Å². The van der Waals surface area contributed by atoms with Crippen molar-refractivity contribution in [2.45, 2.75) is 19.6 Å². The van der Waals surface area contributed by atoms with Gasteiger partial charge in [-0.2, -0.15) is 0 Å². The summed E-state index contributed by atoms with van der Waals surface area (Å²) in [5.41, 5.74) is 0.512. The maximum Gasteiger partial charge on any atom is 0.332 e. The third-order valence-corrected chi connectivity index (χ3v) is 1.61. The third kappa shape index (κ3) is 3.10. The van der Waals surface area contributed by atoms with E-state index < -0.39 is 17.9 Å². The van der Waals surface area contributed by atoms with Crippen LogP contribution in [-0.2, 0) is 16.1 Å². The second-order valence-corrected chi connectivity index (χ2v) is 2.80. The Labute approximate surface area is 80.3 Å². The molecule has 0 amide bonds. The quantitative estimate of drug-likeness (QED) is 0.791. The highest BCUT2D eigenvalue weighted by molar-refractivity contribution is 5.71. The first kappa shape index (κ1) is 10.6. The highest BCUT2D eigenvalue weighted by Gasteiger charge is 2.10. The summed E-state index contributed by atoms with van der Waals surface area (Å²) in [5.74, 6) is -1.51. The highest BCUT2D eigenvalue weighted by Crippen LogP contribution is 2.04. The lowest BCUT2D eigenvalue weighted by Gasteiger charge is -2.07. The molecule has 5 heteroatoms. The lowest BCUT2D eigenvalue weighted by atomic mass is 10.3. The van der Waals surface area contributed by atoms with Crippen molar-refractivity contribution >= 4 is 5.97 Å². The minimum Gasteiger partial charge on any atom is -0.479 e. The van der Waals surface area contributed by atoms with Gasteiger partial charge < -0.3 is 9.84 Å². The zero-order valence-electron chi connectivity index (χ0n) is 7.61. The predicted octanol–water partition coefficient (Wildman–Crippen LogP) is 1.21. The fourth-order valence-electron chi connectivity index (χ4n) is 0.827. The molecule has 1 aromatic rings. The molecule has 1 aromatic heterocycles. The molecule has 0 aliphatic heterocycles. The number of aliphatic carboxylic acids is 1. The summed E-state index contributed by atoms with van der Waals surface area (Å²) in [6, 6.07) is 1.25. The first-order valence-corrected chi connectivity index (χ1v) is 4.03. The maximum absolute atomic E-state index is 12.6. The van der Waals surface area contributed by atoms with E-state index >= 15 is 0 Å². The average molecular weight is 199 g/mol. The van der Waals surface area contributed by atoms with Crippen LogP contribution in [-0.4, -0.2) is 22.2 Å². The molecule has 14 heavy (non-hydrogen) atoms. The van der Waals surface area contributed by atoms with E-state index in [1.807, 2.05) is 0 Å². The zero-order valence-corrected chi connectivity index (χ0v) is 7.61. The van der Waals surface area contributed by atoms with Crippen molar-refractivity contribution in [2.24, 2.45) is 0 Å². The van der Waals surface area contributed by atoms with Crippen molar-refractivity contribution in [1.82, 2.24) is 4.98 Å². The molecule has 0 aliphatic rings. The van der Waals surface area contributed by atoms with Crippen LogP contribution in [0.5, 0.6) is 0 Å². The van der Waals surface area contributed by atoms with Gasteiger partial charge in [-0.05, 0) is 18.6 Å². The van der Waals surface area contributed by atoms with Crippen LogP contribution in [0.15, 0.2) is 18.5 Å². The van der Waals surface area contributed by atoms with Gasteiger partial charge in [0.05, 0.1) is 12.8 Å². The van der Waals surface area contributed by atoms with Gasteiger partial charge in [0.2, 0.25) is 0 Å². The Morgan fingerprint density at radius 3 is 3.00 bits per heavy atom. The number of rotatable bonds is 4. The SMILES string of the molecule is C[C@@H](OCc1cncc(F)c1)C(=O)O. The molecule has 0 spiro atoms. The molecule has 4 nitrogen and oxygen atoms in total. The van der Waals surface area contributed by atoms with Gasteiger partial charge in [0.25, 0.3) is 0 Å². The zero-order chi connectivity index (χ0) is 10.6. The van der Waals surface area contributed by atoms with Gasteiger partial charge in [-0.25, -0.2) is 9.18 Å². The number of carbonyl (C=O) groups is 1. The summed E-state index contributed by atoms with van der Waals surface area (Å²) in [4.78, 5) is 14.0. The molecule has 0 unspecified atom stereocenters. The first-order valence-electron chi connectivity index (χ1n) is 4.03. The van der Waals surface area contributed by atoms with E-state index in [1.54, 1.807) is 0 Å². The summed E-state index contributed by atoms with van der Waals surface area (Å²) in [6.07, 6.45) is 1.60. The van der Waals surface area contributed by atoms with Crippen LogP contribution in [0.2, 0.25) is 0 Å². The number of carboxylic acid groups (broad SMARTS) is 1. The fraction of sp³-hybridized carbons (Fsp3) is 0.333. The average Bonchev–Trinajstić information content (AvgIpc) is 2.14. The van der Waals surface area contributed by atoms with Crippen molar-refractivity contribution in [1.29, 1.82) is 0 Å². The number of nitrogens with zero attached hydrogens (tertiary/aromatic N) is 1. The third-order valence-electron chi connectivity index (χ3n) is 1.61. The summed E-state index contributed by atoms with van der Waals surface area (Å²) in [5, 5.41) is 8.50. The van der Waals surface area contributed by atoms with E-state index in [0.29, 0.717) is 5.56 Å². The minimum absolute atomic E-state index is 0.0399. The predicted molar refractivity (Wildman–Crippen MR) is 46.1 cm³/mol. The summed E-state index contributed by atoms with van der Waals surface area (Å²) >= 11 is 0. The molecule has 0 fully saturated rings. The van der Waals surface area contributed by atoms with Gasteiger partial charge in [0.15, 0.2) is 6.10 Å². The standard InChI is InChI=1S/C9H10FNO3/c1-6(9(12)13)14-5-7-2-8(10)4-11-3-7/h2-4,6H,5H2,1H3,(H,12,13)/t6-/m1/s1. The number of ether oxygens (including phenoxy) is 1. The Hall–Kier alpha value is -1.49. The van der Waals surface area contributed by atoms with Gasteiger partial charge >= 0.3 is 5.97 Å². The van der Waals surface area contributed by atoms with E-state index in [1.165, 1.54) is 19.2 Å². The molecule has 0 radical (unpaired) electrons. The van der Waals surface area contributed by atoms with Crippen molar-refractivity contribution in [3.63, 3.8) is 0 Å². The maximum atomic E-state index is 12.6. The molecule has 0 saturated heterocycles.